The minimum absolute atomic E-state index is 0.0670. The molecule has 0 aromatic rings. The number of allylic oxidation sites excluding steroid dienone is 2. The summed E-state index contributed by atoms with van der Waals surface area (Å²) >= 11 is 0. The third kappa shape index (κ3) is 1.27. The largest absolute Gasteiger partial charge is 0.367 e. The van der Waals surface area contributed by atoms with Crippen molar-refractivity contribution in [2.45, 2.75) is 12.1 Å². The summed E-state index contributed by atoms with van der Waals surface area (Å²) in [5.74, 6) is 0. The van der Waals surface area contributed by atoms with Crippen molar-refractivity contribution in [3.8, 4) is 0 Å². The van der Waals surface area contributed by atoms with E-state index in [1.165, 1.54) is 5.57 Å². The molecule has 0 amide bonds. The molecule has 2 nitrogen and oxygen atoms in total. The fourth-order valence-electron chi connectivity index (χ4n) is 1.35. The third-order valence-electron chi connectivity index (χ3n) is 1.89. The molecule has 0 saturated carbocycles. The minimum Gasteiger partial charge on any atom is -0.367 e. The highest BCUT2D eigenvalue weighted by Gasteiger charge is 2.18. The molecule has 1 aliphatic carbocycles. The van der Waals surface area contributed by atoms with Gasteiger partial charge in [0, 0.05) is 6.04 Å². The SMILES string of the molecule is NC1C=C2C=CC=CC2OC1. The molecule has 11 heavy (non-hydrogen) atoms. The maximum atomic E-state index is 5.68. The Balaban J connectivity index is 2.26. The molecule has 0 bridgehead atoms. The monoisotopic (exact) mass is 149 g/mol. The van der Waals surface area contributed by atoms with E-state index in [4.69, 9.17) is 10.5 Å². The molecule has 1 aliphatic heterocycles. The summed E-state index contributed by atoms with van der Waals surface area (Å²) in [7, 11) is 0. The predicted molar refractivity (Wildman–Crippen MR) is 44.1 cm³/mol. The lowest BCUT2D eigenvalue weighted by Crippen LogP contribution is -2.33. The van der Waals surface area contributed by atoms with Gasteiger partial charge in [-0.05, 0) is 5.57 Å². The molecule has 2 unspecified atom stereocenters. The summed E-state index contributed by atoms with van der Waals surface area (Å²) in [4.78, 5) is 0. The van der Waals surface area contributed by atoms with Crippen LogP contribution in [0.1, 0.15) is 0 Å². The van der Waals surface area contributed by atoms with E-state index in [2.05, 4.69) is 6.08 Å². The zero-order chi connectivity index (χ0) is 7.68. The van der Waals surface area contributed by atoms with E-state index in [1.54, 1.807) is 0 Å². The normalized spacial score (nSPS) is 34.8. The lowest BCUT2D eigenvalue weighted by atomic mass is 10.00. The number of hydrogen-bond donors (Lipinski definition) is 1. The molecule has 0 spiro atoms. The Morgan fingerprint density at radius 2 is 2.36 bits per heavy atom. The van der Waals surface area contributed by atoms with Crippen LogP contribution in [-0.2, 0) is 4.74 Å². The van der Waals surface area contributed by atoms with Crippen LogP contribution < -0.4 is 5.73 Å². The standard InChI is InChI=1S/C9H11NO/c10-8-5-7-3-1-2-4-9(7)11-6-8/h1-5,8-9H,6,10H2. The number of ether oxygens (including phenoxy) is 1. The molecule has 1 heterocycles. The van der Waals surface area contributed by atoms with E-state index < -0.39 is 0 Å². The molecule has 2 atom stereocenters. The highest BCUT2D eigenvalue weighted by Crippen LogP contribution is 2.19. The Bertz CT molecular complexity index is 240. The van der Waals surface area contributed by atoms with Crippen LogP contribution in [0.2, 0.25) is 0 Å². The van der Waals surface area contributed by atoms with E-state index in [1.807, 2.05) is 24.3 Å². The van der Waals surface area contributed by atoms with Crippen molar-refractivity contribution in [3.63, 3.8) is 0 Å². The van der Waals surface area contributed by atoms with Crippen molar-refractivity contribution in [3.05, 3.63) is 36.0 Å². The lowest BCUT2D eigenvalue weighted by Gasteiger charge is -2.25. The zero-order valence-corrected chi connectivity index (χ0v) is 6.23. The van der Waals surface area contributed by atoms with Gasteiger partial charge in [0.2, 0.25) is 0 Å². The maximum Gasteiger partial charge on any atom is 0.101 e. The molecule has 0 radical (unpaired) electrons. The Morgan fingerprint density at radius 1 is 1.45 bits per heavy atom. The number of rotatable bonds is 0. The first kappa shape index (κ1) is 6.83. The highest BCUT2D eigenvalue weighted by molar-refractivity contribution is 5.36. The van der Waals surface area contributed by atoms with Gasteiger partial charge >= 0.3 is 0 Å². The molecular formula is C9H11NO. The molecule has 2 heteroatoms. The van der Waals surface area contributed by atoms with E-state index in [0.29, 0.717) is 6.61 Å². The summed E-state index contributed by atoms with van der Waals surface area (Å²) in [6.07, 6.45) is 10.3. The molecule has 2 aliphatic rings. The second-order valence-electron chi connectivity index (χ2n) is 2.83. The first-order valence-electron chi connectivity index (χ1n) is 3.80. The van der Waals surface area contributed by atoms with Crippen molar-refractivity contribution in [1.29, 1.82) is 0 Å². The second-order valence-corrected chi connectivity index (χ2v) is 2.83. The molecular weight excluding hydrogens is 138 g/mol. The Kier molecular flexibility index (Phi) is 1.64. The van der Waals surface area contributed by atoms with Crippen LogP contribution in [0, 0.1) is 0 Å². The first-order valence-corrected chi connectivity index (χ1v) is 3.80. The van der Waals surface area contributed by atoms with Gasteiger partial charge in [0.05, 0.1) is 6.61 Å². The Labute approximate surface area is 66.0 Å². The van der Waals surface area contributed by atoms with E-state index in [-0.39, 0.29) is 12.1 Å². The average molecular weight is 149 g/mol. The summed E-state index contributed by atoms with van der Waals surface area (Å²) in [6, 6.07) is 0.0670. The van der Waals surface area contributed by atoms with E-state index >= 15 is 0 Å². The average Bonchev–Trinajstić information content (AvgIpc) is 2.04. The van der Waals surface area contributed by atoms with Gasteiger partial charge in [-0.1, -0.05) is 30.4 Å². The van der Waals surface area contributed by atoms with Gasteiger partial charge in [-0.15, -0.1) is 0 Å². The molecule has 2 rings (SSSR count). The van der Waals surface area contributed by atoms with E-state index in [9.17, 15) is 0 Å². The molecule has 58 valence electrons. The highest BCUT2D eigenvalue weighted by atomic mass is 16.5. The second kappa shape index (κ2) is 2.64. The smallest absolute Gasteiger partial charge is 0.101 e. The molecule has 0 fully saturated rings. The summed E-state index contributed by atoms with van der Waals surface area (Å²) in [5, 5.41) is 0. The van der Waals surface area contributed by atoms with Crippen LogP contribution in [0.15, 0.2) is 36.0 Å². The third-order valence-corrected chi connectivity index (χ3v) is 1.89. The van der Waals surface area contributed by atoms with Crippen LogP contribution in [0.5, 0.6) is 0 Å². The molecule has 0 aromatic carbocycles. The minimum atomic E-state index is 0.0670. The van der Waals surface area contributed by atoms with Gasteiger partial charge in [-0.25, -0.2) is 0 Å². The van der Waals surface area contributed by atoms with Gasteiger partial charge in [-0.3, -0.25) is 0 Å². The van der Waals surface area contributed by atoms with Gasteiger partial charge in [0.15, 0.2) is 0 Å². The van der Waals surface area contributed by atoms with Crippen molar-refractivity contribution >= 4 is 0 Å². The van der Waals surface area contributed by atoms with Crippen molar-refractivity contribution in [1.82, 2.24) is 0 Å². The number of nitrogens with two attached hydrogens (primary N) is 1. The Hall–Kier alpha value is -0.860. The molecule has 0 saturated heterocycles. The van der Waals surface area contributed by atoms with Crippen molar-refractivity contribution in [2.75, 3.05) is 6.61 Å². The zero-order valence-electron chi connectivity index (χ0n) is 6.23. The summed E-state index contributed by atoms with van der Waals surface area (Å²) in [5.41, 5.74) is 6.87. The molecule has 0 aromatic heterocycles. The van der Waals surface area contributed by atoms with Crippen LogP contribution in [-0.4, -0.2) is 18.8 Å². The van der Waals surface area contributed by atoms with Crippen molar-refractivity contribution in [2.24, 2.45) is 5.73 Å². The van der Waals surface area contributed by atoms with Gasteiger partial charge in [0.25, 0.3) is 0 Å². The topological polar surface area (TPSA) is 35.2 Å². The van der Waals surface area contributed by atoms with Gasteiger partial charge in [0.1, 0.15) is 6.10 Å². The van der Waals surface area contributed by atoms with E-state index in [0.717, 1.165) is 0 Å². The summed E-state index contributed by atoms with van der Waals surface area (Å²) in [6.45, 7) is 0.631. The fraction of sp³-hybridized carbons (Fsp3) is 0.333. The number of hydrogen-bond acceptors (Lipinski definition) is 2. The summed E-state index contributed by atoms with van der Waals surface area (Å²) < 4.78 is 5.46. The number of fused-ring (bicyclic) bond motifs is 1. The maximum absolute atomic E-state index is 5.68. The van der Waals surface area contributed by atoms with Crippen LogP contribution >= 0.6 is 0 Å². The molecule has 2 N–H and O–H groups in total. The predicted octanol–water partition coefficient (Wildman–Crippen LogP) is 0.765. The quantitative estimate of drug-likeness (QED) is 0.552. The lowest BCUT2D eigenvalue weighted by molar-refractivity contribution is 0.0941. The van der Waals surface area contributed by atoms with Gasteiger partial charge in [-0.2, -0.15) is 0 Å². The first-order chi connectivity index (χ1) is 5.36. The fourth-order valence-corrected chi connectivity index (χ4v) is 1.35. The van der Waals surface area contributed by atoms with Crippen LogP contribution in [0.4, 0.5) is 0 Å². The van der Waals surface area contributed by atoms with Gasteiger partial charge < -0.3 is 10.5 Å². The van der Waals surface area contributed by atoms with Crippen LogP contribution in [0.3, 0.4) is 0 Å². The Morgan fingerprint density at radius 3 is 3.27 bits per heavy atom. The van der Waals surface area contributed by atoms with Crippen molar-refractivity contribution < 1.29 is 4.74 Å². The van der Waals surface area contributed by atoms with Crippen LogP contribution in [0.25, 0.3) is 0 Å².